The topological polar surface area (TPSA) is 119 Å². The first kappa shape index (κ1) is 20.4. The number of carbonyl (C=O) groups is 1. The Bertz CT molecular complexity index is 722. The fraction of sp³-hybridized carbons (Fsp3) is 0.600. The molecule has 0 aliphatic rings. The Morgan fingerprint density at radius 1 is 1.00 bits per heavy atom. The predicted molar refractivity (Wildman–Crippen MR) is 102 cm³/mol. The molecule has 0 amide bonds. The molecule has 2 aromatic heterocycles. The van der Waals surface area contributed by atoms with E-state index in [-0.39, 0.29) is 17.0 Å². The summed E-state index contributed by atoms with van der Waals surface area (Å²) in [6.07, 6.45) is 0. The standard InChI is InChI=1S/C15H23N7O2S2/c1-6-16-10-18-11(17-7-2)20-12(19-10)26-14-22-21-13(24-14)25-8-9(23)15(3,4)5/h6-8H2,1-5H3,(H2,16,17,18,19,20). The quantitative estimate of drug-likeness (QED) is 0.608. The van der Waals surface area contributed by atoms with Crippen molar-refractivity contribution in [3.8, 4) is 0 Å². The highest BCUT2D eigenvalue weighted by atomic mass is 32.2. The minimum absolute atomic E-state index is 0.123. The van der Waals surface area contributed by atoms with Crippen molar-refractivity contribution in [3.05, 3.63) is 0 Å². The van der Waals surface area contributed by atoms with Crippen LogP contribution in [0.5, 0.6) is 0 Å². The van der Waals surface area contributed by atoms with Crippen LogP contribution in [-0.2, 0) is 4.79 Å². The van der Waals surface area contributed by atoms with Gasteiger partial charge in [-0.25, -0.2) is 0 Å². The summed E-state index contributed by atoms with van der Waals surface area (Å²) < 4.78 is 5.56. The molecule has 0 saturated heterocycles. The van der Waals surface area contributed by atoms with E-state index in [4.69, 9.17) is 4.42 Å². The minimum Gasteiger partial charge on any atom is -0.406 e. The molecule has 0 bridgehead atoms. The first-order chi connectivity index (χ1) is 12.3. The number of Topliss-reactive ketones (excluding diaryl/α,β-unsaturated/α-hetero) is 1. The van der Waals surface area contributed by atoms with Crippen molar-refractivity contribution in [1.82, 2.24) is 25.1 Å². The van der Waals surface area contributed by atoms with Gasteiger partial charge in [-0.2, -0.15) is 15.0 Å². The number of carbonyl (C=O) groups excluding carboxylic acids is 1. The number of ketones is 1. The van der Waals surface area contributed by atoms with Crippen molar-refractivity contribution in [2.45, 2.75) is 50.2 Å². The van der Waals surface area contributed by atoms with Crippen molar-refractivity contribution < 1.29 is 9.21 Å². The smallest absolute Gasteiger partial charge is 0.285 e. The molecule has 2 N–H and O–H groups in total. The van der Waals surface area contributed by atoms with Crippen molar-refractivity contribution >= 4 is 41.2 Å². The highest BCUT2D eigenvalue weighted by Gasteiger charge is 2.22. The van der Waals surface area contributed by atoms with Crippen LogP contribution < -0.4 is 10.6 Å². The SMILES string of the molecule is CCNc1nc(NCC)nc(Sc2nnc(SCC(=O)C(C)(C)C)o2)n1. The molecule has 0 spiro atoms. The molecule has 2 aromatic rings. The van der Waals surface area contributed by atoms with Crippen LogP contribution in [0.15, 0.2) is 20.0 Å². The van der Waals surface area contributed by atoms with Crippen LogP contribution >= 0.6 is 23.5 Å². The monoisotopic (exact) mass is 397 g/mol. The fourth-order valence-electron chi connectivity index (χ4n) is 1.60. The molecule has 142 valence electrons. The maximum atomic E-state index is 12.0. The Hall–Kier alpha value is -1.88. The first-order valence-corrected chi connectivity index (χ1v) is 10.0. The fourth-order valence-corrected chi connectivity index (χ4v) is 3.19. The van der Waals surface area contributed by atoms with Gasteiger partial charge in [0.25, 0.3) is 10.4 Å². The van der Waals surface area contributed by atoms with Crippen molar-refractivity contribution in [3.63, 3.8) is 0 Å². The minimum atomic E-state index is -0.388. The summed E-state index contributed by atoms with van der Waals surface area (Å²) in [4.78, 5) is 24.9. The van der Waals surface area contributed by atoms with Gasteiger partial charge in [0.15, 0.2) is 0 Å². The molecule has 9 nitrogen and oxygen atoms in total. The number of rotatable bonds is 9. The Morgan fingerprint density at radius 2 is 1.58 bits per heavy atom. The summed E-state index contributed by atoms with van der Waals surface area (Å²) in [6.45, 7) is 11.0. The highest BCUT2D eigenvalue weighted by Crippen LogP contribution is 2.28. The normalized spacial score (nSPS) is 11.4. The van der Waals surface area contributed by atoms with Crippen LogP contribution in [0.25, 0.3) is 0 Å². The number of nitrogens with one attached hydrogen (secondary N) is 2. The van der Waals surface area contributed by atoms with Crippen LogP contribution in [-0.4, -0.2) is 49.8 Å². The van der Waals surface area contributed by atoms with E-state index in [0.717, 1.165) is 11.8 Å². The van der Waals surface area contributed by atoms with Crippen LogP contribution in [0.3, 0.4) is 0 Å². The van der Waals surface area contributed by atoms with E-state index in [1.54, 1.807) is 0 Å². The lowest BCUT2D eigenvalue weighted by atomic mass is 9.92. The van der Waals surface area contributed by atoms with Gasteiger partial charge >= 0.3 is 0 Å². The van der Waals surface area contributed by atoms with Gasteiger partial charge in [0.1, 0.15) is 5.78 Å². The van der Waals surface area contributed by atoms with Crippen LogP contribution in [0, 0.1) is 5.41 Å². The third kappa shape index (κ3) is 6.13. The molecule has 0 aromatic carbocycles. The molecule has 2 heterocycles. The lowest BCUT2D eigenvalue weighted by molar-refractivity contribution is -0.123. The van der Waals surface area contributed by atoms with Gasteiger partial charge in [0, 0.05) is 30.3 Å². The van der Waals surface area contributed by atoms with Gasteiger partial charge in [0.2, 0.25) is 17.1 Å². The summed E-state index contributed by atoms with van der Waals surface area (Å²) in [7, 11) is 0. The van der Waals surface area contributed by atoms with Gasteiger partial charge < -0.3 is 15.1 Å². The highest BCUT2D eigenvalue weighted by molar-refractivity contribution is 8.00. The summed E-state index contributed by atoms with van der Waals surface area (Å²) in [5.41, 5.74) is -0.388. The average Bonchev–Trinajstić information content (AvgIpc) is 2.99. The Balaban J connectivity index is 2.05. The van der Waals surface area contributed by atoms with E-state index in [2.05, 4.69) is 35.8 Å². The maximum Gasteiger partial charge on any atom is 0.285 e. The number of anilines is 2. The van der Waals surface area contributed by atoms with E-state index in [0.29, 0.717) is 40.6 Å². The second-order valence-corrected chi connectivity index (χ2v) is 8.07. The summed E-state index contributed by atoms with van der Waals surface area (Å²) in [6, 6.07) is 0. The zero-order chi connectivity index (χ0) is 19.2. The zero-order valence-electron chi connectivity index (χ0n) is 15.5. The Morgan fingerprint density at radius 3 is 2.12 bits per heavy atom. The predicted octanol–water partition coefficient (Wildman–Crippen LogP) is 2.98. The van der Waals surface area contributed by atoms with Gasteiger partial charge in [-0.15, -0.1) is 5.10 Å². The molecule has 0 atom stereocenters. The lowest BCUT2D eigenvalue weighted by Crippen LogP contribution is -2.21. The molecule has 26 heavy (non-hydrogen) atoms. The van der Waals surface area contributed by atoms with Gasteiger partial charge in [0.05, 0.1) is 5.75 Å². The summed E-state index contributed by atoms with van der Waals surface area (Å²) >= 11 is 2.38. The van der Waals surface area contributed by atoms with Gasteiger partial charge in [-0.1, -0.05) is 37.6 Å². The third-order valence-electron chi connectivity index (χ3n) is 3.01. The first-order valence-electron chi connectivity index (χ1n) is 8.23. The van der Waals surface area contributed by atoms with Crippen molar-refractivity contribution in [2.75, 3.05) is 29.5 Å². The van der Waals surface area contributed by atoms with Crippen LogP contribution in [0.2, 0.25) is 0 Å². The van der Waals surface area contributed by atoms with Crippen molar-refractivity contribution in [2.24, 2.45) is 5.41 Å². The molecule has 0 fully saturated rings. The Kier molecular flexibility index (Phi) is 7.21. The van der Waals surface area contributed by atoms with E-state index in [1.807, 2.05) is 34.6 Å². The molecule has 0 unspecified atom stereocenters. The average molecular weight is 398 g/mol. The number of hydrogen-bond acceptors (Lipinski definition) is 11. The third-order valence-corrected chi connectivity index (χ3v) is 4.54. The number of hydrogen-bond donors (Lipinski definition) is 2. The maximum absolute atomic E-state index is 12.0. The van der Waals surface area contributed by atoms with Crippen molar-refractivity contribution in [1.29, 1.82) is 0 Å². The Labute approximate surface area is 161 Å². The molecule has 0 aliphatic carbocycles. The van der Waals surface area contributed by atoms with E-state index in [9.17, 15) is 4.79 Å². The summed E-state index contributed by atoms with van der Waals surface area (Å²) in [5, 5.41) is 15.2. The second-order valence-electron chi connectivity index (χ2n) is 6.22. The van der Waals surface area contributed by atoms with Crippen LogP contribution in [0.1, 0.15) is 34.6 Å². The van der Waals surface area contributed by atoms with Crippen LogP contribution in [0.4, 0.5) is 11.9 Å². The number of thioether (sulfide) groups is 1. The summed E-state index contributed by atoms with van der Waals surface area (Å²) in [5.74, 6) is 1.37. The zero-order valence-corrected chi connectivity index (χ0v) is 17.1. The number of aromatic nitrogens is 5. The molecular formula is C15H23N7O2S2. The largest absolute Gasteiger partial charge is 0.406 e. The van der Waals surface area contributed by atoms with Gasteiger partial charge in [-0.3, -0.25) is 4.79 Å². The molecule has 0 radical (unpaired) electrons. The molecule has 0 aliphatic heterocycles. The lowest BCUT2D eigenvalue weighted by Gasteiger charge is -2.14. The van der Waals surface area contributed by atoms with E-state index in [1.165, 1.54) is 11.8 Å². The molecule has 0 saturated carbocycles. The van der Waals surface area contributed by atoms with E-state index < -0.39 is 0 Å². The molecule has 11 heteroatoms. The van der Waals surface area contributed by atoms with Gasteiger partial charge in [-0.05, 0) is 13.8 Å². The van der Waals surface area contributed by atoms with E-state index >= 15 is 0 Å². The molecular weight excluding hydrogens is 374 g/mol. The number of nitrogens with zero attached hydrogens (tertiary/aromatic N) is 5. The second kappa shape index (κ2) is 9.17. The molecule has 2 rings (SSSR count).